The van der Waals surface area contributed by atoms with Crippen LogP contribution in [0.3, 0.4) is 0 Å². The van der Waals surface area contributed by atoms with Crippen molar-refractivity contribution in [2.24, 2.45) is 0 Å². The number of rotatable bonds is 2. The summed E-state index contributed by atoms with van der Waals surface area (Å²) < 4.78 is 7.47. The van der Waals surface area contributed by atoms with E-state index in [1.807, 2.05) is 48.5 Å². The number of imidazole rings is 1. The predicted octanol–water partition coefficient (Wildman–Crippen LogP) is 5.50. The van der Waals surface area contributed by atoms with Crippen LogP contribution < -0.4 is 0 Å². The molecule has 0 atom stereocenters. The van der Waals surface area contributed by atoms with Crippen LogP contribution in [-0.4, -0.2) is 22.3 Å². The molecule has 5 rings (SSSR count). The molecule has 0 aliphatic heterocycles. The summed E-state index contributed by atoms with van der Waals surface area (Å²) in [5.41, 5.74) is 6.33. The van der Waals surface area contributed by atoms with E-state index in [4.69, 9.17) is 17.0 Å². The van der Waals surface area contributed by atoms with Crippen LogP contribution in [-0.2, 0) is 4.74 Å². The number of hydrogen-bond donors (Lipinski definition) is 1. The Morgan fingerprint density at radius 3 is 2.22 bits per heavy atom. The molecule has 1 aromatic heterocycles. The van der Waals surface area contributed by atoms with Crippen LogP contribution in [0.4, 0.5) is 4.79 Å². The number of ether oxygens (including phenoxy) is 1. The average Bonchev–Trinajstić information content (AvgIpc) is 3.20. The fourth-order valence-electron chi connectivity index (χ4n) is 3.89. The molecule has 0 unspecified atom stereocenters. The van der Waals surface area contributed by atoms with E-state index in [0.29, 0.717) is 4.77 Å². The van der Waals surface area contributed by atoms with Crippen molar-refractivity contribution < 1.29 is 9.53 Å². The molecule has 0 saturated carbocycles. The lowest BCUT2D eigenvalue weighted by Gasteiger charge is -2.14. The molecule has 1 aliphatic carbocycles. The van der Waals surface area contributed by atoms with Crippen LogP contribution in [0, 0.1) is 4.77 Å². The van der Waals surface area contributed by atoms with E-state index >= 15 is 0 Å². The monoisotopic (exact) mass is 372 g/mol. The number of para-hydroxylation sites is 2. The third-order valence-corrected chi connectivity index (χ3v) is 5.39. The van der Waals surface area contributed by atoms with E-state index < -0.39 is 6.09 Å². The zero-order valence-corrected chi connectivity index (χ0v) is 15.2. The molecule has 0 amide bonds. The number of carbonyl (C=O) groups excluding carboxylic acids is 1. The van der Waals surface area contributed by atoms with Gasteiger partial charge >= 0.3 is 6.09 Å². The number of fused-ring (bicyclic) bond motifs is 4. The van der Waals surface area contributed by atoms with E-state index in [-0.39, 0.29) is 12.5 Å². The zero-order valence-electron chi connectivity index (χ0n) is 14.4. The standard InChI is InChI=1S/C22H16N2O2S/c25-22(24-20-12-6-5-11-19(20)23-21(24)27)26-13-18-16-9-3-1-7-14(16)15-8-2-4-10-17(15)18/h1-12,18H,13H2,(H,23,27). The summed E-state index contributed by atoms with van der Waals surface area (Å²) in [6, 6.07) is 24.1. The molecular weight excluding hydrogens is 356 g/mol. The molecular formula is C22H16N2O2S. The first kappa shape index (κ1) is 16.0. The van der Waals surface area contributed by atoms with Gasteiger partial charge in [0.05, 0.1) is 11.0 Å². The Hall–Kier alpha value is -3.18. The Bertz CT molecular complexity index is 1190. The molecule has 0 bridgehead atoms. The number of nitrogens with one attached hydrogen (secondary N) is 1. The van der Waals surface area contributed by atoms with Crippen molar-refractivity contribution in [3.05, 3.63) is 88.7 Å². The molecule has 27 heavy (non-hydrogen) atoms. The normalized spacial score (nSPS) is 12.7. The lowest BCUT2D eigenvalue weighted by Crippen LogP contribution is -2.17. The van der Waals surface area contributed by atoms with Crippen molar-refractivity contribution in [1.29, 1.82) is 0 Å². The molecule has 0 radical (unpaired) electrons. The summed E-state index contributed by atoms with van der Waals surface area (Å²) in [5, 5.41) is 0. The Morgan fingerprint density at radius 1 is 0.926 bits per heavy atom. The summed E-state index contributed by atoms with van der Waals surface area (Å²) in [6.07, 6.45) is -0.459. The van der Waals surface area contributed by atoms with Gasteiger partial charge in [-0.1, -0.05) is 60.7 Å². The summed E-state index contributed by atoms with van der Waals surface area (Å²) in [4.78, 5) is 15.8. The Balaban J connectivity index is 1.47. The van der Waals surface area contributed by atoms with Gasteiger partial charge in [0, 0.05) is 5.92 Å². The first-order valence-corrected chi connectivity index (χ1v) is 9.20. The van der Waals surface area contributed by atoms with Crippen molar-refractivity contribution >= 4 is 29.3 Å². The minimum absolute atomic E-state index is 0.0285. The Labute approximate surface area is 161 Å². The minimum Gasteiger partial charge on any atom is -0.448 e. The largest absolute Gasteiger partial charge is 0.448 e. The van der Waals surface area contributed by atoms with Crippen LogP contribution in [0.1, 0.15) is 17.0 Å². The van der Waals surface area contributed by atoms with Gasteiger partial charge in [-0.3, -0.25) is 0 Å². The number of aromatic nitrogens is 2. The van der Waals surface area contributed by atoms with E-state index in [2.05, 4.69) is 29.2 Å². The number of carbonyl (C=O) groups is 1. The van der Waals surface area contributed by atoms with E-state index in [9.17, 15) is 4.79 Å². The lowest BCUT2D eigenvalue weighted by molar-refractivity contribution is 0.145. The number of aromatic amines is 1. The maximum atomic E-state index is 12.8. The molecule has 0 saturated heterocycles. The highest BCUT2D eigenvalue weighted by Gasteiger charge is 2.29. The maximum Gasteiger partial charge on any atom is 0.420 e. The van der Waals surface area contributed by atoms with E-state index in [1.54, 1.807) is 0 Å². The number of H-pyrrole nitrogens is 1. The average molecular weight is 372 g/mol. The highest BCUT2D eigenvalue weighted by molar-refractivity contribution is 7.71. The van der Waals surface area contributed by atoms with Gasteiger partial charge in [0.15, 0.2) is 4.77 Å². The van der Waals surface area contributed by atoms with E-state index in [1.165, 1.54) is 26.8 Å². The van der Waals surface area contributed by atoms with Crippen LogP contribution in [0.2, 0.25) is 0 Å². The fraction of sp³-hybridized carbons (Fsp3) is 0.0909. The highest BCUT2D eigenvalue weighted by atomic mass is 32.1. The number of benzene rings is 3. The quantitative estimate of drug-likeness (QED) is 0.473. The molecule has 1 heterocycles. The smallest absolute Gasteiger partial charge is 0.420 e. The molecule has 0 spiro atoms. The SMILES string of the molecule is O=C(OCC1c2ccccc2-c2ccccc21)n1c(=S)[nH]c2ccccc21. The first-order chi connectivity index (χ1) is 13.2. The topological polar surface area (TPSA) is 47.0 Å². The van der Waals surface area contributed by atoms with Crippen molar-refractivity contribution in [3.63, 3.8) is 0 Å². The third kappa shape index (κ3) is 2.51. The van der Waals surface area contributed by atoms with Crippen molar-refractivity contribution in [2.45, 2.75) is 5.92 Å². The molecule has 0 fully saturated rings. The molecule has 4 aromatic rings. The number of hydrogen-bond acceptors (Lipinski definition) is 3. The number of nitrogens with zero attached hydrogens (tertiary/aromatic N) is 1. The molecule has 132 valence electrons. The van der Waals surface area contributed by atoms with Gasteiger partial charge < -0.3 is 9.72 Å². The molecule has 1 aliphatic rings. The minimum atomic E-state index is -0.459. The summed E-state index contributed by atoms with van der Waals surface area (Å²) >= 11 is 5.31. The van der Waals surface area contributed by atoms with Gasteiger partial charge in [-0.15, -0.1) is 0 Å². The van der Waals surface area contributed by atoms with Crippen LogP contribution in [0.5, 0.6) is 0 Å². The third-order valence-electron chi connectivity index (χ3n) is 5.11. The van der Waals surface area contributed by atoms with Gasteiger partial charge in [-0.05, 0) is 46.6 Å². The molecule has 3 aromatic carbocycles. The second kappa shape index (κ2) is 6.21. The van der Waals surface area contributed by atoms with Gasteiger partial charge in [0.2, 0.25) is 0 Å². The summed E-state index contributed by atoms with van der Waals surface area (Å²) in [7, 11) is 0. The van der Waals surface area contributed by atoms with Crippen LogP contribution in [0.15, 0.2) is 72.8 Å². The van der Waals surface area contributed by atoms with Crippen LogP contribution >= 0.6 is 12.2 Å². The van der Waals surface area contributed by atoms with Crippen LogP contribution in [0.25, 0.3) is 22.2 Å². The van der Waals surface area contributed by atoms with Gasteiger partial charge in [-0.2, -0.15) is 0 Å². The van der Waals surface area contributed by atoms with E-state index in [0.717, 1.165) is 11.0 Å². The second-order valence-corrected chi connectivity index (χ2v) is 6.97. The van der Waals surface area contributed by atoms with Crippen molar-refractivity contribution in [3.8, 4) is 11.1 Å². The second-order valence-electron chi connectivity index (χ2n) is 6.59. The fourth-order valence-corrected chi connectivity index (χ4v) is 4.18. The molecule has 1 N–H and O–H groups in total. The van der Waals surface area contributed by atoms with Crippen molar-refractivity contribution in [1.82, 2.24) is 9.55 Å². The molecule has 5 heteroatoms. The van der Waals surface area contributed by atoms with Gasteiger partial charge in [0.1, 0.15) is 6.61 Å². The highest BCUT2D eigenvalue weighted by Crippen LogP contribution is 2.44. The molecule has 4 nitrogen and oxygen atoms in total. The van der Waals surface area contributed by atoms with Crippen molar-refractivity contribution in [2.75, 3.05) is 6.61 Å². The maximum absolute atomic E-state index is 12.8. The summed E-state index contributed by atoms with van der Waals surface area (Å²) in [5.74, 6) is 0.0285. The lowest BCUT2D eigenvalue weighted by atomic mass is 9.98. The first-order valence-electron chi connectivity index (χ1n) is 8.79. The zero-order chi connectivity index (χ0) is 18.4. The van der Waals surface area contributed by atoms with Gasteiger partial charge in [-0.25, -0.2) is 9.36 Å². The predicted molar refractivity (Wildman–Crippen MR) is 108 cm³/mol. The Morgan fingerprint density at radius 2 is 1.52 bits per heavy atom. The Kier molecular flexibility index (Phi) is 3.69. The summed E-state index contributed by atoms with van der Waals surface area (Å²) in [6.45, 7) is 0.272. The van der Waals surface area contributed by atoms with Gasteiger partial charge in [0.25, 0.3) is 0 Å².